The van der Waals surface area contributed by atoms with E-state index in [-0.39, 0.29) is 0 Å². The monoisotopic (exact) mass is 259 g/mol. The minimum Gasteiger partial charge on any atom is -0.317 e. The fraction of sp³-hybridized carbons (Fsp3) is 0.667. The van der Waals surface area contributed by atoms with Crippen LogP contribution in [-0.2, 0) is 6.42 Å². The zero-order valence-electron chi connectivity index (χ0n) is 12.6. The maximum atomic E-state index is 3.58. The summed E-state index contributed by atoms with van der Waals surface area (Å²) in [5.74, 6) is 1.75. The van der Waals surface area contributed by atoms with Crippen molar-refractivity contribution in [3.63, 3.8) is 0 Å². The summed E-state index contributed by atoms with van der Waals surface area (Å²) < 4.78 is 0. The second-order valence-corrected chi connectivity index (χ2v) is 6.10. The van der Waals surface area contributed by atoms with E-state index in [2.05, 4.69) is 43.4 Å². The predicted molar refractivity (Wildman–Crippen MR) is 83.5 cm³/mol. The molecule has 2 unspecified atom stereocenters. The van der Waals surface area contributed by atoms with Crippen LogP contribution in [0.2, 0.25) is 0 Å². The summed E-state index contributed by atoms with van der Waals surface area (Å²) in [6, 6.07) is 8.93. The molecule has 1 aromatic carbocycles. The number of hydrogen-bond donors (Lipinski definition) is 1. The Morgan fingerprint density at radius 3 is 2.53 bits per heavy atom. The first-order chi connectivity index (χ1) is 9.31. The molecular weight excluding hydrogens is 230 g/mol. The minimum atomic E-state index is 0.877. The van der Waals surface area contributed by atoms with Crippen LogP contribution in [0.15, 0.2) is 24.3 Å². The maximum Gasteiger partial charge on any atom is -0.00179 e. The first-order valence-electron chi connectivity index (χ1n) is 8.06. The van der Waals surface area contributed by atoms with Crippen LogP contribution in [0.4, 0.5) is 0 Å². The Labute approximate surface area is 118 Å². The number of benzene rings is 1. The van der Waals surface area contributed by atoms with E-state index in [4.69, 9.17) is 0 Å². The molecule has 1 heteroatoms. The Balaban J connectivity index is 2.03. The van der Waals surface area contributed by atoms with Crippen LogP contribution in [0.3, 0.4) is 0 Å². The Kier molecular flexibility index (Phi) is 5.91. The molecule has 1 aliphatic rings. The standard InChI is InChI=1S/C18H29N/c1-3-19-14-18-12-6-4-5-11-17(18)13-16-10-8-7-9-15(16)2/h7-10,17-19H,3-6,11-14H2,1-2H3. The van der Waals surface area contributed by atoms with Crippen LogP contribution in [0.1, 0.15) is 50.2 Å². The lowest BCUT2D eigenvalue weighted by atomic mass is 9.82. The lowest BCUT2D eigenvalue weighted by Gasteiger charge is -2.26. The molecule has 1 saturated carbocycles. The van der Waals surface area contributed by atoms with E-state index in [9.17, 15) is 0 Å². The second-order valence-electron chi connectivity index (χ2n) is 6.10. The summed E-state index contributed by atoms with van der Waals surface area (Å²) in [5, 5.41) is 3.58. The molecule has 19 heavy (non-hydrogen) atoms. The molecule has 1 aliphatic carbocycles. The molecule has 2 rings (SSSR count). The van der Waals surface area contributed by atoms with Crippen LogP contribution in [0.5, 0.6) is 0 Å². The van der Waals surface area contributed by atoms with Gasteiger partial charge in [0.2, 0.25) is 0 Å². The van der Waals surface area contributed by atoms with Crippen molar-refractivity contribution in [2.75, 3.05) is 13.1 Å². The van der Waals surface area contributed by atoms with E-state index >= 15 is 0 Å². The van der Waals surface area contributed by atoms with Crippen LogP contribution < -0.4 is 5.32 Å². The van der Waals surface area contributed by atoms with Gasteiger partial charge in [0.1, 0.15) is 0 Å². The molecule has 0 radical (unpaired) electrons. The van der Waals surface area contributed by atoms with Crippen LogP contribution in [0.25, 0.3) is 0 Å². The minimum absolute atomic E-state index is 0.877. The average molecular weight is 259 g/mol. The van der Waals surface area contributed by atoms with Crippen molar-refractivity contribution >= 4 is 0 Å². The van der Waals surface area contributed by atoms with E-state index in [1.54, 1.807) is 5.56 Å². The highest BCUT2D eigenvalue weighted by Gasteiger charge is 2.23. The summed E-state index contributed by atoms with van der Waals surface area (Å²) in [6.45, 7) is 6.79. The highest BCUT2D eigenvalue weighted by Crippen LogP contribution is 2.31. The largest absolute Gasteiger partial charge is 0.317 e. The molecule has 1 N–H and O–H groups in total. The van der Waals surface area contributed by atoms with Gasteiger partial charge in [-0.25, -0.2) is 0 Å². The van der Waals surface area contributed by atoms with Gasteiger partial charge in [-0.3, -0.25) is 0 Å². The van der Waals surface area contributed by atoms with E-state index < -0.39 is 0 Å². The SMILES string of the molecule is CCNCC1CCCCCC1Cc1ccccc1C. The summed E-state index contributed by atoms with van der Waals surface area (Å²) in [6.07, 6.45) is 8.42. The van der Waals surface area contributed by atoms with Crippen LogP contribution >= 0.6 is 0 Å². The molecular formula is C18H29N. The van der Waals surface area contributed by atoms with Crippen molar-refractivity contribution in [1.82, 2.24) is 5.32 Å². The molecule has 1 fully saturated rings. The first kappa shape index (κ1) is 14.6. The third-order valence-corrected chi connectivity index (χ3v) is 4.72. The molecule has 1 nitrogen and oxygen atoms in total. The van der Waals surface area contributed by atoms with Crippen molar-refractivity contribution in [2.45, 2.75) is 52.4 Å². The molecule has 0 saturated heterocycles. The molecule has 0 heterocycles. The summed E-state index contributed by atoms with van der Waals surface area (Å²) in [4.78, 5) is 0. The third kappa shape index (κ3) is 4.35. The molecule has 0 aromatic heterocycles. The summed E-state index contributed by atoms with van der Waals surface area (Å²) >= 11 is 0. The lowest BCUT2D eigenvalue weighted by molar-refractivity contribution is 0.299. The van der Waals surface area contributed by atoms with Crippen molar-refractivity contribution in [2.24, 2.45) is 11.8 Å². The topological polar surface area (TPSA) is 12.0 Å². The lowest BCUT2D eigenvalue weighted by Crippen LogP contribution is -2.28. The maximum absolute atomic E-state index is 3.58. The van der Waals surface area contributed by atoms with Crippen molar-refractivity contribution in [1.29, 1.82) is 0 Å². The molecule has 0 aliphatic heterocycles. The summed E-state index contributed by atoms with van der Waals surface area (Å²) in [7, 11) is 0. The molecule has 0 bridgehead atoms. The van der Waals surface area contributed by atoms with Crippen molar-refractivity contribution < 1.29 is 0 Å². The quantitative estimate of drug-likeness (QED) is 0.775. The number of hydrogen-bond acceptors (Lipinski definition) is 1. The Morgan fingerprint density at radius 1 is 1.05 bits per heavy atom. The molecule has 2 atom stereocenters. The fourth-order valence-corrected chi connectivity index (χ4v) is 3.45. The van der Waals surface area contributed by atoms with Gasteiger partial charge in [-0.1, -0.05) is 50.5 Å². The normalized spacial score (nSPS) is 24.1. The molecule has 106 valence electrons. The Morgan fingerprint density at radius 2 is 1.79 bits per heavy atom. The number of rotatable bonds is 5. The highest BCUT2D eigenvalue weighted by molar-refractivity contribution is 5.26. The van der Waals surface area contributed by atoms with Crippen molar-refractivity contribution in [3.8, 4) is 0 Å². The zero-order chi connectivity index (χ0) is 13.5. The Hall–Kier alpha value is -0.820. The van der Waals surface area contributed by atoms with Gasteiger partial charge in [0, 0.05) is 0 Å². The van der Waals surface area contributed by atoms with E-state index in [0.29, 0.717) is 0 Å². The van der Waals surface area contributed by atoms with Gasteiger partial charge in [0.25, 0.3) is 0 Å². The number of nitrogens with one attached hydrogen (secondary N) is 1. The van der Waals surface area contributed by atoms with Crippen LogP contribution in [0, 0.1) is 18.8 Å². The van der Waals surface area contributed by atoms with E-state index in [0.717, 1.165) is 18.4 Å². The first-order valence-corrected chi connectivity index (χ1v) is 8.06. The van der Waals surface area contributed by atoms with Crippen molar-refractivity contribution in [3.05, 3.63) is 35.4 Å². The highest BCUT2D eigenvalue weighted by atomic mass is 14.8. The van der Waals surface area contributed by atoms with Gasteiger partial charge in [-0.15, -0.1) is 0 Å². The fourth-order valence-electron chi connectivity index (χ4n) is 3.45. The molecule has 1 aromatic rings. The van der Waals surface area contributed by atoms with Gasteiger partial charge >= 0.3 is 0 Å². The molecule has 0 amide bonds. The van der Waals surface area contributed by atoms with Gasteiger partial charge < -0.3 is 5.32 Å². The van der Waals surface area contributed by atoms with Gasteiger partial charge in [-0.05, 0) is 62.2 Å². The van der Waals surface area contributed by atoms with E-state index in [1.165, 1.54) is 50.6 Å². The van der Waals surface area contributed by atoms with Gasteiger partial charge in [0.05, 0.1) is 0 Å². The predicted octanol–water partition coefficient (Wildman–Crippen LogP) is 4.34. The third-order valence-electron chi connectivity index (χ3n) is 4.72. The molecule has 0 spiro atoms. The smallest absolute Gasteiger partial charge is 0.00179 e. The summed E-state index contributed by atoms with van der Waals surface area (Å²) in [5.41, 5.74) is 3.03. The zero-order valence-corrected chi connectivity index (χ0v) is 12.6. The van der Waals surface area contributed by atoms with Gasteiger partial charge in [0.15, 0.2) is 0 Å². The number of aryl methyl sites for hydroxylation is 1. The average Bonchev–Trinajstić information content (AvgIpc) is 2.64. The second kappa shape index (κ2) is 7.69. The van der Waals surface area contributed by atoms with E-state index in [1.807, 2.05) is 0 Å². The van der Waals surface area contributed by atoms with Gasteiger partial charge in [-0.2, -0.15) is 0 Å². The van der Waals surface area contributed by atoms with Crippen LogP contribution in [-0.4, -0.2) is 13.1 Å². The Bertz CT molecular complexity index is 372.